The van der Waals surface area contributed by atoms with Crippen molar-refractivity contribution in [2.24, 2.45) is 0 Å². The van der Waals surface area contributed by atoms with Crippen LogP contribution >= 0.6 is 0 Å². The molecular weight excluding hydrogens is 232 g/mol. The van der Waals surface area contributed by atoms with Crippen molar-refractivity contribution in [1.29, 1.82) is 0 Å². The molecule has 1 aliphatic rings. The van der Waals surface area contributed by atoms with Crippen molar-refractivity contribution in [2.45, 2.75) is 18.9 Å². The lowest BCUT2D eigenvalue weighted by Crippen LogP contribution is -2.37. The Morgan fingerprint density at radius 3 is 3.06 bits per heavy atom. The summed E-state index contributed by atoms with van der Waals surface area (Å²) in [5.41, 5.74) is 6.69. The number of rotatable bonds is 3. The second-order valence-corrected chi connectivity index (χ2v) is 4.41. The fourth-order valence-electron chi connectivity index (χ4n) is 2.40. The first-order valence-corrected chi connectivity index (χ1v) is 6.03. The molecule has 0 bridgehead atoms. The topological polar surface area (TPSA) is 75.8 Å². The van der Waals surface area contributed by atoms with E-state index in [0.29, 0.717) is 23.5 Å². The number of carbonyl (C=O) groups is 1. The molecule has 98 valence electrons. The first kappa shape index (κ1) is 12.7. The van der Waals surface area contributed by atoms with Gasteiger partial charge >= 0.3 is 0 Å². The first-order valence-electron chi connectivity index (χ1n) is 6.03. The molecule has 5 heteroatoms. The lowest BCUT2D eigenvalue weighted by molar-refractivity contribution is 0.0674. The molecule has 0 radical (unpaired) electrons. The number of amides is 1. The zero-order chi connectivity index (χ0) is 13.1. The molecule has 1 atom stereocenters. The van der Waals surface area contributed by atoms with E-state index in [0.717, 1.165) is 12.8 Å². The number of carbonyl (C=O) groups excluding carboxylic acids is 1. The SMILES string of the molecule is COc1c(N)cccc1C(=O)N1CCC[C@H]1CO. The molecule has 1 amide bonds. The number of para-hydroxylation sites is 1. The Bertz CT molecular complexity index is 448. The summed E-state index contributed by atoms with van der Waals surface area (Å²) in [6.07, 6.45) is 1.76. The molecule has 1 aromatic carbocycles. The lowest BCUT2D eigenvalue weighted by atomic mass is 10.1. The molecule has 1 saturated heterocycles. The van der Waals surface area contributed by atoms with Crippen molar-refractivity contribution >= 4 is 11.6 Å². The van der Waals surface area contributed by atoms with Crippen molar-refractivity contribution in [2.75, 3.05) is 26.0 Å². The summed E-state index contributed by atoms with van der Waals surface area (Å²) in [4.78, 5) is 14.1. The fourth-order valence-corrected chi connectivity index (χ4v) is 2.40. The van der Waals surface area contributed by atoms with Gasteiger partial charge in [-0.1, -0.05) is 6.07 Å². The Hall–Kier alpha value is -1.75. The monoisotopic (exact) mass is 250 g/mol. The number of hydrogen-bond acceptors (Lipinski definition) is 4. The number of aliphatic hydroxyl groups is 1. The molecular formula is C13H18N2O3. The van der Waals surface area contributed by atoms with Gasteiger partial charge in [-0.05, 0) is 25.0 Å². The van der Waals surface area contributed by atoms with E-state index in [1.54, 1.807) is 23.1 Å². The average Bonchev–Trinajstić information content (AvgIpc) is 2.85. The van der Waals surface area contributed by atoms with E-state index in [1.807, 2.05) is 0 Å². The third-order valence-corrected chi connectivity index (χ3v) is 3.33. The van der Waals surface area contributed by atoms with Gasteiger partial charge in [-0.2, -0.15) is 0 Å². The summed E-state index contributed by atoms with van der Waals surface area (Å²) >= 11 is 0. The number of nitrogens with two attached hydrogens (primary N) is 1. The average molecular weight is 250 g/mol. The molecule has 0 spiro atoms. The second-order valence-electron chi connectivity index (χ2n) is 4.41. The van der Waals surface area contributed by atoms with Gasteiger partial charge in [0.05, 0.1) is 31.0 Å². The van der Waals surface area contributed by atoms with E-state index in [2.05, 4.69) is 0 Å². The summed E-state index contributed by atoms with van der Waals surface area (Å²) in [5.74, 6) is 0.279. The standard InChI is InChI=1S/C13H18N2O3/c1-18-12-10(5-2-6-11(12)14)13(17)15-7-3-4-9(15)8-16/h2,5-6,9,16H,3-4,7-8,14H2,1H3/t9-/m0/s1. The van der Waals surface area contributed by atoms with Crippen LogP contribution in [-0.2, 0) is 0 Å². The maximum atomic E-state index is 12.4. The molecule has 0 aromatic heterocycles. The predicted molar refractivity (Wildman–Crippen MR) is 68.6 cm³/mol. The molecule has 5 nitrogen and oxygen atoms in total. The van der Waals surface area contributed by atoms with Crippen LogP contribution in [0, 0.1) is 0 Å². The fraction of sp³-hybridized carbons (Fsp3) is 0.462. The van der Waals surface area contributed by atoms with Crippen LogP contribution in [0.15, 0.2) is 18.2 Å². The van der Waals surface area contributed by atoms with Crippen LogP contribution < -0.4 is 10.5 Å². The van der Waals surface area contributed by atoms with Crippen LogP contribution in [0.2, 0.25) is 0 Å². The number of methoxy groups -OCH3 is 1. The van der Waals surface area contributed by atoms with Crippen LogP contribution in [0.1, 0.15) is 23.2 Å². The Balaban J connectivity index is 2.31. The van der Waals surface area contributed by atoms with Gasteiger partial charge in [0.25, 0.3) is 5.91 Å². The number of nitrogen functional groups attached to an aromatic ring is 1. The van der Waals surface area contributed by atoms with Crippen molar-refractivity contribution in [3.63, 3.8) is 0 Å². The van der Waals surface area contributed by atoms with Gasteiger partial charge in [-0.25, -0.2) is 0 Å². The second kappa shape index (κ2) is 5.27. The maximum absolute atomic E-state index is 12.4. The number of hydrogen-bond donors (Lipinski definition) is 2. The molecule has 1 aromatic rings. The van der Waals surface area contributed by atoms with Gasteiger partial charge in [0.1, 0.15) is 0 Å². The molecule has 2 rings (SSSR count). The summed E-state index contributed by atoms with van der Waals surface area (Å²) < 4.78 is 5.19. The van der Waals surface area contributed by atoms with Crippen molar-refractivity contribution in [3.05, 3.63) is 23.8 Å². The summed E-state index contributed by atoms with van der Waals surface area (Å²) in [7, 11) is 1.50. The highest BCUT2D eigenvalue weighted by atomic mass is 16.5. The molecule has 0 unspecified atom stereocenters. The third kappa shape index (κ3) is 2.13. The summed E-state index contributed by atoms with van der Waals surface area (Å²) in [6, 6.07) is 5.03. The largest absolute Gasteiger partial charge is 0.494 e. The van der Waals surface area contributed by atoms with Crippen LogP contribution in [0.5, 0.6) is 5.75 Å². The number of aliphatic hydroxyl groups excluding tert-OH is 1. The third-order valence-electron chi connectivity index (χ3n) is 3.33. The molecule has 1 heterocycles. The van der Waals surface area contributed by atoms with Crippen LogP contribution in [-0.4, -0.2) is 42.2 Å². The number of ether oxygens (including phenoxy) is 1. The van der Waals surface area contributed by atoms with E-state index in [4.69, 9.17) is 10.5 Å². The zero-order valence-corrected chi connectivity index (χ0v) is 10.4. The van der Waals surface area contributed by atoms with Gasteiger partial charge in [-0.15, -0.1) is 0 Å². The minimum Gasteiger partial charge on any atom is -0.494 e. The Kier molecular flexibility index (Phi) is 3.72. The zero-order valence-electron chi connectivity index (χ0n) is 10.4. The summed E-state index contributed by atoms with van der Waals surface area (Å²) in [5, 5.41) is 9.26. The van der Waals surface area contributed by atoms with Gasteiger partial charge in [0, 0.05) is 6.54 Å². The number of benzene rings is 1. The van der Waals surface area contributed by atoms with Gasteiger partial charge in [0.2, 0.25) is 0 Å². The van der Waals surface area contributed by atoms with E-state index in [1.165, 1.54) is 7.11 Å². The minimum absolute atomic E-state index is 0.00360. The van der Waals surface area contributed by atoms with Gasteiger partial charge < -0.3 is 20.5 Å². The lowest BCUT2D eigenvalue weighted by Gasteiger charge is -2.24. The Morgan fingerprint density at radius 2 is 2.39 bits per heavy atom. The van der Waals surface area contributed by atoms with Crippen LogP contribution in [0.4, 0.5) is 5.69 Å². The number of anilines is 1. The quantitative estimate of drug-likeness (QED) is 0.781. The molecule has 1 fully saturated rings. The smallest absolute Gasteiger partial charge is 0.258 e. The highest BCUT2D eigenvalue weighted by Crippen LogP contribution is 2.29. The number of likely N-dealkylation sites (tertiary alicyclic amines) is 1. The van der Waals surface area contributed by atoms with Gasteiger partial charge in [0.15, 0.2) is 5.75 Å². The molecule has 3 N–H and O–H groups in total. The van der Waals surface area contributed by atoms with E-state index in [9.17, 15) is 9.90 Å². The predicted octanol–water partition coefficient (Wildman–Crippen LogP) is 0.874. The first-order chi connectivity index (χ1) is 8.69. The van der Waals surface area contributed by atoms with Crippen molar-refractivity contribution < 1.29 is 14.6 Å². The molecule has 0 aliphatic carbocycles. The number of nitrogens with zero attached hydrogens (tertiary/aromatic N) is 1. The van der Waals surface area contributed by atoms with Crippen molar-refractivity contribution in [1.82, 2.24) is 4.90 Å². The van der Waals surface area contributed by atoms with E-state index in [-0.39, 0.29) is 18.6 Å². The van der Waals surface area contributed by atoms with Crippen LogP contribution in [0.25, 0.3) is 0 Å². The highest BCUT2D eigenvalue weighted by molar-refractivity contribution is 5.99. The minimum atomic E-state index is -0.129. The van der Waals surface area contributed by atoms with E-state index < -0.39 is 0 Å². The molecule has 1 aliphatic heterocycles. The maximum Gasteiger partial charge on any atom is 0.258 e. The highest BCUT2D eigenvalue weighted by Gasteiger charge is 2.30. The summed E-state index contributed by atoms with van der Waals surface area (Å²) in [6.45, 7) is 0.665. The van der Waals surface area contributed by atoms with E-state index >= 15 is 0 Å². The Labute approximate surface area is 106 Å². The molecule has 18 heavy (non-hydrogen) atoms. The van der Waals surface area contributed by atoms with Crippen molar-refractivity contribution in [3.8, 4) is 5.75 Å². The normalized spacial score (nSPS) is 19.0. The molecule has 0 saturated carbocycles. The van der Waals surface area contributed by atoms with Crippen LogP contribution in [0.3, 0.4) is 0 Å². The Morgan fingerprint density at radius 1 is 1.61 bits per heavy atom. The van der Waals surface area contributed by atoms with Gasteiger partial charge in [-0.3, -0.25) is 4.79 Å².